The third-order valence-electron chi connectivity index (χ3n) is 10.5. The molecule has 2 heteroatoms. The highest BCUT2D eigenvalue weighted by Gasteiger charge is 2.46. The zero-order valence-electron chi connectivity index (χ0n) is 27.8. The van der Waals surface area contributed by atoms with E-state index in [0.29, 0.717) is 0 Å². The molecular formula is C46H39NSi. The molecule has 0 bridgehead atoms. The summed E-state index contributed by atoms with van der Waals surface area (Å²) in [6.45, 7) is 11.4. The molecule has 6 aromatic rings. The van der Waals surface area contributed by atoms with Gasteiger partial charge in [0.25, 0.3) is 0 Å². The van der Waals surface area contributed by atoms with E-state index in [1.165, 1.54) is 60.6 Å². The van der Waals surface area contributed by atoms with E-state index >= 15 is 0 Å². The van der Waals surface area contributed by atoms with Gasteiger partial charge in [0.1, 0.15) is 8.07 Å². The third kappa shape index (κ3) is 4.37. The Hall–Kier alpha value is -5.44. The number of hydrogen-bond acceptors (Lipinski definition) is 1. The van der Waals surface area contributed by atoms with Gasteiger partial charge in [-0.3, -0.25) is 0 Å². The highest BCUT2D eigenvalue weighted by molar-refractivity contribution is 7.03. The maximum Gasteiger partial charge on any atom is 0.113 e. The quantitative estimate of drug-likeness (QED) is 0.158. The molecule has 0 saturated heterocycles. The zero-order valence-corrected chi connectivity index (χ0v) is 28.8. The van der Waals surface area contributed by atoms with Crippen molar-refractivity contribution in [1.29, 1.82) is 0 Å². The molecule has 8 rings (SSSR count). The van der Waals surface area contributed by atoms with Crippen LogP contribution in [0.4, 0.5) is 17.1 Å². The Kier molecular flexibility index (Phi) is 7.27. The highest BCUT2D eigenvalue weighted by Crippen LogP contribution is 2.55. The first-order chi connectivity index (χ1) is 23.5. The fourth-order valence-electron chi connectivity index (χ4n) is 8.34. The molecule has 1 unspecified atom stereocenters. The van der Waals surface area contributed by atoms with Crippen molar-refractivity contribution in [3.63, 3.8) is 0 Å². The number of benzene rings is 6. The van der Waals surface area contributed by atoms with Gasteiger partial charge in [-0.05, 0) is 98.2 Å². The van der Waals surface area contributed by atoms with Gasteiger partial charge in [-0.1, -0.05) is 153 Å². The smallest absolute Gasteiger partial charge is 0.113 e. The number of allylic oxidation sites excluding steroid dienone is 5. The summed E-state index contributed by atoms with van der Waals surface area (Å²) in [6.07, 6.45) is 6.44. The summed E-state index contributed by atoms with van der Waals surface area (Å²) in [6, 6.07) is 55.9. The van der Waals surface area contributed by atoms with Gasteiger partial charge in [-0.2, -0.15) is 0 Å². The van der Waals surface area contributed by atoms with Crippen LogP contribution in [0.1, 0.15) is 29.2 Å². The average Bonchev–Trinajstić information content (AvgIpc) is 3.55. The number of anilines is 3. The van der Waals surface area contributed by atoms with Crippen LogP contribution in [-0.4, -0.2) is 8.07 Å². The molecule has 48 heavy (non-hydrogen) atoms. The van der Waals surface area contributed by atoms with Crippen LogP contribution in [0.25, 0.3) is 16.7 Å². The summed E-state index contributed by atoms with van der Waals surface area (Å²) >= 11 is 0. The first-order valence-corrected chi connectivity index (χ1v) is 19.9. The first-order valence-electron chi connectivity index (χ1n) is 16.9. The lowest BCUT2D eigenvalue weighted by Gasteiger charge is -2.35. The molecule has 0 radical (unpaired) electrons. The second kappa shape index (κ2) is 11.7. The number of para-hydroxylation sites is 1. The summed E-state index contributed by atoms with van der Waals surface area (Å²) in [5.41, 5.74) is 13.2. The number of hydrogen-bond donors (Lipinski definition) is 0. The Labute approximate surface area is 285 Å². The number of nitrogens with zero attached hydrogens (tertiary/aromatic N) is 1. The third-order valence-corrected chi connectivity index (χ3v) is 14.0. The van der Waals surface area contributed by atoms with Crippen LogP contribution in [0, 0.1) is 0 Å². The lowest BCUT2D eigenvalue weighted by molar-refractivity contribution is 0.762. The maximum absolute atomic E-state index is 4.39. The molecule has 0 N–H and O–H groups in total. The summed E-state index contributed by atoms with van der Waals surface area (Å²) in [5.74, 6) is 0. The van der Waals surface area contributed by atoms with Crippen LogP contribution in [0.5, 0.6) is 0 Å². The normalized spacial score (nSPS) is 17.2. The second-order valence-corrected chi connectivity index (χ2v) is 17.6. The van der Waals surface area contributed by atoms with Crippen molar-refractivity contribution in [2.45, 2.75) is 25.4 Å². The molecule has 1 aliphatic carbocycles. The second-order valence-electron chi connectivity index (χ2n) is 13.3. The molecule has 232 valence electrons. The number of fused-ring (bicyclic) bond motifs is 4. The summed E-state index contributed by atoms with van der Waals surface area (Å²) in [7, 11) is -1.84. The van der Waals surface area contributed by atoms with Crippen molar-refractivity contribution in [3.05, 3.63) is 204 Å². The number of rotatable bonds is 7. The minimum atomic E-state index is -1.84. The molecule has 6 aromatic carbocycles. The van der Waals surface area contributed by atoms with E-state index in [-0.39, 0.29) is 0 Å². The summed E-state index contributed by atoms with van der Waals surface area (Å²) in [5, 5.41) is 3.03. The maximum atomic E-state index is 4.39. The van der Waals surface area contributed by atoms with Crippen molar-refractivity contribution >= 4 is 41.1 Å². The molecule has 1 atom stereocenters. The van der Waals surface area contributed by atoms with Gasteiger partial charge in [-0.25, -0.2) is 0 Å². The standard InChI is InChI=1S/C46H39NSi/c1-5-17-38-39-22-13-15-24-43(39)46(42(38)6-2,33-18-9-7-10-19-33)34-26-28-36(29-27-34)47(35-20-11-8-12-21-35)37-30-31-41-40-23-14-16-25-44(40)48(3,4)45(41)32-37/h5-32H,2H2,1,3-4H3/b17-5-. The fourth-order valence-corrected chi connectivity index (χ4v) is 11.4. The lowest BCUT2D eigenvalue weighted by Crippen LogP contribution is -2.49. The Balaban J connectivity index is 1.31. The van der Waals surface area contributed by atoms with E-state index in [4.69, 9.17) is 0 Å². The van der Waals surface area contributed by atoms with E-state index in [0.717, 1.165) is 11.4 Å². The summed E-state index contributed by atoms with van der Waals surface area (Å²) < 4.78 is 0. The molecule has 2 aliphatic rings. The summed E-state index contributed by atoms with van der Waals surface area (Å²) in [4.78, 5) is 2.41. The van der Waals surface area contributed by atoms with Gasteiger partial charge in [-0.15, -0.1) is 0 Å². The van der Waals surface area contributed by atoms with Gasteiger partial charge in [0.2, 0.25) is 0 Å². The van der Waals surface area contributed by atoms with Crippen LogP contribution < -0.4 is 15.3 Å². The van der Waals surface area contributed by atoms with Crippen molar-refractivity contribution in [3.8, 4) is 11.1 Å². The van der Waals surface area contributed by atoms with Crippen LogP contribution in [0.3, 0.4) is 0 Å². The van der Waals surface area contributed by atoms with Gasteiger partial charge in [0, 0.05) is 17.1 Å². The molecule has 0 spiro atoms. The minimum Gasteiger partial charge on any atom is -0.311 e. The van der Waals surface area contributed by atoms with Crippen LogP contribution in [-0.2, 0) is 5.41 Å². The largest absolute Gasteiger partial charge is 0.311 e. The van der Waals surface area contributed by atoms with E-state index in [9.17, 15) is 0 Å². The van der Waals surface area contributed by atoms with Gasteiger partial charge in [0.05, 0.1) is 5.41 Å². The molecule has 1 heterocycles. The molecule has 1 nitrogen and oxygen atoms in total. The predicted molar refractivity (Wildman–Crippen MR) is 208 cm³/mol. The fraction of sp³-hybridized carbons (Fsp3) is 0.0870. The first kappa shape index (κ1) is 29.9. The minimum absolute atomic E-state index is 0.487. The topological polar surface area (TPSA) is 3.24 Å². The molecule has 0 aromatic heterocycles. The van der Waals surface area contributed by atoms with Crippen molar-refractivity contribution in [2.75, 3.05) is 4.90 Å². The Morgan fingerprint density at radius 2 is 1.12 bits per heavy atom. The predicted octanol–water partition coefficient (Wildman–Crippen LogP) is 10.8. The van der Waals surface area contributed by atoms with Gasteiger partial charge >= 0.3 is 0 Å². The van der Waals surface area contributed by atoms with Crippen LogP contribution in [0.15, 0.2) is 182 Å². The van der Waals surface area contributed by atoms with Crippen LogP contribution >= 0.6 is 0 Å². The average molecular weight is 634 g/mol. The van der Waals surface area contributed by atoms with Crippen molar-refractivity contribution < 1.29 is 0 Å². The molecule has 0 amide bonds. The van der Waals surface area contributed by atoms with Crippen molar-refractivity contribution in [2.24, 2.45) is 0 Å². The van der Waals surface area contributed by atoms with Crippen molar-refractivity contribution in [1.82, 2.24) is 0 Å². The zero-order chi connectivity index (χ0) is 32.9. The molecule has 1 aliphatic heterocycles. The van der Waals surface area contributed by atoms with E-state index in [2.05, 4.69) is 201 Å². The highest BCUT2D eigenvalue weighted by atomic mass is 28.3. The van der Waals surface area contributed by atoms with E-state index in [1.807, 2.05) is 0 Å². The lowest BCUT2D eigenvalue weighted by atomic mass is 9.67. The Morgan fingerprint density at radius 3 is 1.83 bits per heavy atom. The Bertz CT molecular complexity index is 2220. The molecule has 0 fully saturated rings. The Morgan fingerprint density at radius 1 is 0.562 bits per heavy atom. The van der Waals surface area contributed by atoms with Gasteiger partial charge < -0.3 is 4.90 Å². The van der Waals surface area contributed by atoms with Crippen LogP contribution in [0.2, 0.25) is 13.1 Å². The van der Waals surface area contributed by atoms with E-state index in [1.54, 1.807) is 0 Å². The monoisotopic (exact) mass is 633 g/mol. The van der Waals surface area contributed by atoms with Gasteiger partial charge in [0.15, 0.2) is 0 Å². The molecule has 0 saturated carbocycles. The molecular weight excluding hydrogens is 595 g/mol. The SMILES string of the molecule is C=CC1=C(/C=C\C)c2ccccc2C1(c1ccccc1)c1ccc(N(c2ccccc2)c2ccc3c(c2)[Si](C)(C)c2ccccc2-3)cc1. The van der Waals surface area contributed by atoms with E-state index < -0.39 is 13.5 Å².